The zero-order chi connectivity index (χ0) is 12.8. The van der Waals surface area contributed by atoms with Gasteiger partial charge in [0.15, 0.2) is 0 Å². The molecule has 17 heavy (non-hydrogen) atoms. The van der Waals surface area contributed by atoms with E-state index in [1.807, 2.05) is 18.7 Å². The molecule has 2 rings (SSSR count). The molecule has 2 aliphatic rings. The van der Waals surface area contributed by atoms with E-state index < -0.39 is 0 Å². The fourth-order valence-corrected chi connectivity index (χ4v) is 2.65. The normalized spacial score (nSPS) is 26.6. The third kappa shape index (κ3) is 3.96. The molecule has 1 amide bonds. The summed E-state index contributed by atoms with van der Waals surface area (Å²) in [4.78, 5) is 15.4. The first kappa shape index (κ1) is 14.5. The summed E-state index contributed by atoms with van der Waals surface area (Å²) in [5, 5.41) is 9.46. The van der Waals surface area contributed by atoms with Crippen LogP contribution in [0.3, 0.4) is 0 Å². The Labute approximate surface area is 105 Å². The van der Waals surface area contributed by atoms with Gasteiger partial charge < -0.3 is 10.0 Å². The number of hydrogen-bond donors (Lipinski definition) is 1. The largest absolute Gasteiger partial charge is 0.392 e. The first-order valence-electron chi connectivity index (χ1n) is 6.84. The number of carbonyl (C=O) groups excluding carboxylic acids is 1. The van der Waals surface area contributed by atoms with Crippen LogP contribution in [-0.2, 0) is 4.79 Å². The molecule has 0 bridgehead atoms. The molecular formula is C13H26N2O2. The molecule has 2 heterocycles. The molecule has 0 aliphatic carbocycles. The number of nitrogens with zero attached hydrogens (tertiary/aromatic N) is 2. The summed E-state index contributed by atoms with van der Waals surface area (Å²) in [5.74, 6) is 0.190. The highest BCUT2D eigenvalue weighted by atomic mass is 16.3. The Balaban J connectivity index is 0.000000686. The molecule has 1 N–H and O–H groups in total. The van der Waals surface area contributed by atoms with Crippen LogP contribution >= 0.6 is 0 Å². The maximum absolute atomic E-state index is 11.2. The van der Waals surface area contributed by atoms with Crippen molar-refractivity contribution in [2.45, 2.75) is 52.2 Å². The molecule has 0 aromatic carbocycles. The van der Waals surface area contributed by atoms with Crippen molar-refractivity contribution >= 4 is 5.91 Å². The zero-order valence-corrected chi connectivity index (χ0v) is 11.4. The Morgan fingerprint density at radius 1 is 1.12 bits per heavy atom. The standard InChI is InChI=1S/C11H20N2O2.C2H6/c1-9(14)12-5-2-10(3-6-12)13-7-4-11(15)8-13;1-2/h10-11,15H,2-8H2,1H3;1-2H3. The lowest BCUT2D eigenvalue weighted by atomic mass is 10.0. The summed E-state index contributed by atoms with van der Waals surface area (Å²) in [6, 6.07) is 0.581. The minimum absolute atomic E-state index is 0.129. The second-order valence-electron chi connectivity index (χ2n) is 4.67. The van der Waals surface area contributed by atoms with Gasteiger partial charge in [-0.2, -0.15) is 0 Å². The lowest BCUT2D eigenvalue weighted by Crippen LogP contribution is -2.45. The molecule has 4 heteroatoms. The summed E-state index contributed by atoms with van der Waals surface area (Å²) in [6.45, 7) is 9.25. The number of piperidine rings is 1. The van der Waals surface area contributed by atoms with Crippen LogP contribution < -0.4 is 0 Å². The molecule has 100 valence electrons. The minimum atomic E-state index is -0.129. The van der Waals surface area contributed by atoms with E-state index in [2.05, 4.69) is 4.90 Å². The second kappa shape index (κ2) is 6.97. The van der Waals surface area contributed by atoms with E-state index in [4.69, 9.17) is 0 Å². The number of β-amino-alcohol motifs (C(OH)–C–C–N with tert-alkyl or cyclic N) is 1. The fraction of sp³-hybridized carbons (Fsp3) is 0.923. The predicted molar refractivity (Wildman–Crippen MR) is 68.8 cm³/mol. The van der Waals surface area contributed by atoms with Gasteiger partial charge in [0.05, 0.1) is 6.10 Å². The highest BCUT2D eigenvalue weighted by Gasteiger charge is 2.30. The van der Waals surface area contributed by atoms with E-state index in [9.17, 15) is 9.90 Å². The third-order valence-electron chi connectivity index (χ3n) is 3.62. The van der Waals surface area contributed by atoms with E-state index in [1.54, 1.807) is 6.92 Å². The monoisotopic (exact) mass is 242 g/mol. The predicted octanol–water partition coefficient (Wildman–Crippen LogP) is 1.09. The van der Waals surface area contributed by atoms with Crippen molar-refractivity contribution in [3.8, 4) is 0 Å². The number of aliphatic hydroxyl groups is 1. The molecule has 0 aromatic heterocycles. The summed E-state index contributed by atoms with van der Waals surface area (Å²) in [6.07, 6.45) is 2.90. The molecule has 2 fully saturated rings. The van der Waals surface area contributed by atoms with Crippen LogP contribution in [0.2, 0.25) is 0 Å². The first-order chi connectivity index (χ1) is 8.16. The number of amides is 1. The zero-order valence-electron chi connectivity index (χ0n) is 11.4. The number of hydrogen-bond acceptors (Lipinski definition) is 3. The van der Waals surface area contributed by atoms with Crippen LogP contribution in [0.4, 0.5) is 0 Å². The molecule has 0 spiro atoms. The molecule has 2 saturated heterocycles. The van der Waals surface area contributed by atoms with Crippen molar-refractivity contribution in [1.29, 1.82) is 0 Å². The smallest absolute Gasteiger partial charge is 0.219 e. The van der Waals surface area contributed by atoms with Crippen molar-refractivity contribution < 1.29 is 9.90 Å². The van der Waals surface area contributed by atoms with Gasteiger partial charge in [0, 0.05) is 39.1 Å². The highest BCUT2D eigenvalue weighted by Crippen LogP contribution is 2.21. The van der Waals surface area contributed by atoms with Gasteiger partial charge in [0.25, 0.3) is 0 Å². The lowest BCUT2D eigenvalue weighted by molar-refractivity contribution is -0.130. The number of aliphatic hydroxyl groups excluding tert-OH is 1. The molecule has 1 unspecified atom stereocenters. The average molecular weight is 242 g/mol. The van der Waals surface area contributed by atoms with Crippen LogP contribution in [0.15, 0.2) is 0 Å². The van der Waals surface area contributed by atoms with Gasteiger partial charge in [-0.05, 0) is 19.3 Å². The molecule has 0 aromatic rings. The first-order valence-corrected chi connectivity index (χ1v) is 6.84. The van der Waals surface area contributed by atoms with E-state index in [-0.39, 0.29) is 12.0 Å². The quantitative estimate of drug-likeness (QED) is 0.748. The Morgan fingerprint density at radius 2 is 1.71 bits per heavy atom. The van der Waals surface area contributed by atoms with E-state index in [0.717, 1.165) is 45.4 Å². The van der Waals surface area contributed by atoms with Gasteiger partial charge in [0.1, 0.15) is 0 Å². The van der Waals surface area contributed by atoms with Crippen LogP contribution in [0.1, 0.15) is 40.0 Å². The van der Waals surface area contributed by atoms with Crippen LogP contribution in [0, 0.1) is 0 Å². The van der Waals surface area contributed by atoms with Gasteiger partial charge in [-0.1, -0.05) is 13.8 Å². The van der Waals surface area contributed by atoms with Crippen molar-refractivity contribution in [3.05, 3.63) is 0 Å². The summed E-state index contributed by atoms with van der Waals surface area (Å²) in [5.41, 5.74) is 0. The van der Waals surface area contributed by atoms with Gasteiger partial charge in [-0.3, -0.25) is 9.69 Å². The van der Waals surface area contributed by atoms with E-state index in [0.29, 0.717) is 6.04 Å². The Hall–Kier alpha value is -0.610. The van der Waals surface area contributed by atoms with Gasteiger partial charge >= 0.3 is 0 Å². The molecular weight excluding hydrogens is 216 g/mol. The van der Waals surface area contributed by atoms with Crippen molar-refractivity contribution in [1.82, 2.24) is 9.80 Å². The number of rotatable bonds is 1. The maximum Gasteiger partial charge on any atom is 0.219 e. The molecule has 0 saturated carbocycles. The SMILES string of the molecule is CC.CC(=O)N1CCC(N2CCC(O)C2)CC1. The number of likely N-dealkylation sites (tertiary alicyclic amines) is 2. The second-order valence-corrected chi connectivity index (χ2v) is 4.67. The van der Waals surface area contributed by atoms with Gasteiger partial charge in [-0.25, -0.2) is 0 Å². The fourth-order valence-electron chi connectivity index (χ4n) is 2.65. The summed E-state index contributed by atoms with van der Waals surface area (Å²) < 4.78 is 0. The molecule has 0 radical (unpaired) electrons. The number of carbonyl (C=O) groups is 1. The van der Waals surface area contributed by atoms with Gasteiger partial charge in [0.2, 0.25) is 5.91 Å². The molecule has 4 nitrogen and oxygen atoms in total. The van der Waals surface area contributed by atoms with Gasteiger partial charge in [-0.15, -0.1) is 0 Å². The van der Waals surface area contributed by atoms with E-state index >= 15 is 0 Å². The highest BCUT2D eigenvalue weighted by molar-refractivity contribution is 5.73. The van der Waals surface area contributed by atoms with Crippen molar-refractivity contribution in [2.75, 3.05) is 26.2 Å². The third-order valence-corrected chi connectivity index (χ3v) is 3.62. The average Bonchev–Trinajstić information content (AvgIpc) is 2.79. The topological polar surface area (TPSA) is 43.8 Å². The Bertz CT molecular complexity index is 238. The Morgan fingerprint density at radius 3 is 2.12 bits per heavy atom. The Kier molecular flexibility index (Phi) is 5.92. The van der Waals surface area contributed by atoms with Crippen molar-refractivity contribution in [2.24, 2.45) is 0 Å². The summed E-state index contributed by atoms with van der Waals surface area (Å²) >= 11 is 0. The summed E-state index contributed by atoms with van der Waals surface area (Å²) in [7, 11) is 0. The minimum Gasteiger partial charge on any atom is -0.392 e. The van der Waals surface area contributed by atoms with Crippen LogP contribution in [-0.4, -0.2) is 59.1 Å². The van der Waals surface area contributed by atoms with E-state index in [1.165, 1.54) is 0 Å². The molecule has 2 aliphatic heterocycles. The van der Waals surface area contributed by atoms with Crippen molar-refractivity contribution in [3.63, 3.8) is 0 Å². The van der Waals surface area contributed by atoms with Crippen LogP contribution in [0.25, 0.3) is 0 Å². The van der Waals surface area contributed by atoms with Crippen LogP contribution in [0.5, 0.6) is 0 Å². The maximum atomic E-state index is 11.2. The lowest BCUT2D eigenvalue weighted by Gasteiger charge is -2.36. The molecule has 1 atom stereocenters.